The lowest BCUT2D eigenvalue weighted by molar-refractivity contribution is 0.337. The second kappa shape index (κ2) is 10.1. The average Bonchev–Trinajstić information content (AvgIpc) is 2.84. The highest BCUT2D eigenvalue weighted by molar-refractivity contribution is 5.72. The summed E-state index contributed by atoms with van der Waals surface area (Å²) in [4.78, 5) is 13.8. The molecule has 0 aliphatic rings. The molecule has 0 radical (unpaired) electrons. The first-order valence-corrected chi connectivity index (χ1v) is 10.8. The normalized spacial score (nSPS) is 10.7. The first kappa shape index (κ1) is 22.8. The van der Waals surface area contributed by atoms with Crippen LogP contribution in [-0.2, 0) is 0 Å². The summed E-state index contributed by atoms with van der Waals surface area (Å²) in [6, 6.07) is 17.2. The molecule has 4 rings (SSSR count). The number of methoxy groups -OCH3 is 1. The van der Waals surface area contributed by atoms with Crippen LogP contribution in [0.5, 0.6) is 28.7 Å². The van der Waals surface area contributed by atoms with Gasteiger partial charge in [-0.2, -0.15) is 0 Å². The molecule has 1 heterocycles. The number of rotatable bonds is 8. The molecule has 8 nitrogen and oxygen atoms in total. The number of phenolic OH excluding ortho intramolecular Hbond substituents is 2. The number of hydrogen-bond acceptors (Lipinski definition) is 8. The highest BCUT2D eigenvalue weighted by Crippen LogP contribution is 2.35. The van der Waals surface area contributed by atoms with Gasteiger partial charge < -0.3 is 24.4 Å². The van der Waals surface area contributed by atoms with E-state index in [1.54, 1.807) is 43.5 Å². The van der Waals surface area contributed by atoms with E-state index in [9.17, 15) is 10.2 Å². The van der Waals surface area contributed by atoms with Crippen molar-refractivity contribution in [2.45, 2.75) is 13.8 Å². The van der Waals surface area contributed by atoms with Crippen LogP contribution in [0.1, 0.15) is 13.8 Å². The lowest BCUT2D eigenvalue weighted by atomic mass is 10.1. The molecule has 34 heavy (non-hydrogen) atoms. The number of phenols is 2. The third-order valence-electron chi connectivity index (χ3n) is 5.03. The molecule has 0 amide bonds. The summed E-state index contributed by atoms with van der Waals surface area (Å²) in [6.07, 6.45) is 0. The quantitative estimate of drug-likeness (QED) is 0.375. The van der Waals surface area contributed by atoms with Gasteiger partial charge in [0.2, 0.25) is 0 Å². The molecule has 0 aliphatic carbocycles. The Balaban J connectivity index is 1.86. The first-order valence-electron chi connectivity index (χ1n) is 10.8. The minimum atomic E-state index is -0.0281. The van der Waals surface area contributed by atoms with E-state index in [0.29, 0.717) is 47.4 Å². The maximum Gasteiger partial charge on any atom is 0.167 e. The highest BCUT2D eigenvalue weighted by Gasteiger charge is 2.17. The molecule has 0 spiro atoms. The predicted molar refractivity (Wildman–Crippen MR) is 128 cm³/mol. The van der Waals surface area contributed by atoms with Crippen LogP contribution in [0.15, 0.2) is 60.7 Å². The van der Waals surface area contributed by atoms with Gasteiger partial charge in [-0.1, -0.05) is 0 Å². The molecule has 1 aromatic heterocycles. The molecule has 0 saturated heterocycles. The van der Waals surface area contributed by atoms with Crippen molar-refractivity contribution in [1.82, 2.24) is 15.0 Å². The van der Waals surface area contributed by atoms with Crippen molar-refractivity contribution in [3.8, 4) is 62.9 Å². The zero-order chi connectivity index (χ0) is 24.1. The van der Waals surface area contributed by atoms with Crippen molar-refractivity contribution in [1.29, 1.82) is 0 Å². The van der Waals surface area contributed by atoms with E-state index in [4.69, 9.17) is 14.2 Å². The largest absolute Gasteiger partial charge is 0.507 e. The Kier molecular flexibility index (Phi) is 6.77. The SMILES string of the molecule is CCOc1ccc(-c2nc(-c3ccc(OC)cc3)nc(-c3ccc(OCC)cc3O)n2)c(O)c1. The van der Waals surface area contributed by atoms with Crippen molar-refractivity contribution in [3.63, 3.8) is 0 Å². The van der Waals surface area contributed by atoms with Gasteiger partial charge in [-0.15, -0.1) is 0 Å². The molecular weight excluding hydrogens is 434 g/mol. The van der Waals surface area contributed by atoms with E-state index in [-0.39, 0.29) is 23.1 Å². The van der Waals surface area contributed by atoms with Gasteiger partial charge in [0.05, 0.1) is 31.5 Å². The number of aromatic hydroxyl groups is 2. The molecule has 0 aliphatic heterocycles. The van der Waals surface area contributed by atoms with Crippen molar-refractivity contribution >= 4 is 0 Å². The molecule has 0 fully saturated rings. The van der Waals surface area contributed by atoms with Crippen LogP contribution < -0.4 is 14.2 Å². The van der Waals surface area contributed by atoms with Gasteiger partial charge in [0.1, 0.15) is 28.7 Å². The maximum atomic E-state index is 10.6. The van der Waals surface area contributed by atoms with Gasteiger partial charge in [-0.3, -0.25) is 0 Å². The Morgan fingerprint density at radius 1 is 0.618 bits per heavy atom. The van der Waals surface area contributed by atoms with E-state index in [2.05, 4.69) is 15.0 Å². The number of hydrogen-bond donors (Lipinski definition) is 2. The van der Waals surface area contributed by atoms with E-state index in [1.165, 1.54) is 12.1 Å². The van der Waals surface area contributed by atoms with Gasteiger partial charge >= 0.3 is 0 Å². The first-order chi connectivity index (χ1) is 16.5. The van der Waals surface area contributed by atoms with Crippen LogP contribution in [0.4, 0.5) is 0 Å². The molecule has 0 bridgehead atoms. The molecule has 0 saturated carbocycles. The Morgan fingerprint density at radius 2 is 1.06 bits per heavy atom. The third-order valence-corrected chi connectivity index (χ3v) is 5.03. The van der Waals surface area contributed by atoms with Crippen LogP contribution in [0.25, 0.3) is 34.2 Å². The van der Waals surface area contributed by atoms with Crippen molar-refractivity contribution in [2.24, 2.45) is 0 Å². The molecule has 174 valence electrons. The lowest BCUT2D eigenvalue weighted by Gasteiger charge is -2.12. The molecule has 8 heteroatoms. The summed E-state index contributed by atoms with van der Waals surface area (Å²) in [5.41, 5.74) is 1.54. The van der Waals surface area contributed by atoms with E-state index in [0.717, 1.165) is 5.56 Å². The monoisotopic (exact) mass is 459 g/mol. The fraction of sp³-hybridized carbons (Fsp3) is 0.192. The molecule has 0 unspecified atom stereocenters. The highest BCUT2D eigenvalue weighted by atomic mass is 16.5. The summed E-state index contributed by atoms with van der Waals surface area (Å²) in [6.45, 7) is 4.70. The second-order valence-corrected chi connectivity index (χ2v) is 7.26. The summed E-state index contributed by atoms with van der Waals surface area (Å²) in [5.74, 6) is 2.61. The van der Waals surface area contributed by atoms with Crippen molar-refractivity contribution in [2.75, 3.05) is 20.3 Å². The summed E-state index contributed by atoms with van der Waals surface area (Å²) in [5, 5.41) is 21.3. The van der Waals surface area contributed by atoms with Gasteiger partial charge in [-0.05, 0) is 62.4 Å². The van der Waals surface area contributed by atoms with E-state index >= 15 is 0 Å². The molecule has 4 aromatic rings. The molecule has 2 N–H and O–H groups in total. The van der Waals surface area contributed by atoms with E-state index < -0.39 is 0 Å². The Bertz CT molecular complexity index is 1220. The Hall–Kier alpha value is -4.33. The Morgan fingerprint density at radius 3 is 1.47 bits per heavy atom. The van der Waals surface area contributed by atoms with Gasteiger partial charge in [-0.25, -0.2) is 15.0 Å². The zero-order valence-electron chi connectivity index (χ0n) is 19.1. The van der Waals surface area contributed by atoms with Crippen molar-refractivity contribution < 1.29 is 24.4 Å². The number of aromatic nitrogens is 3. The second-order valence-electron chi connectivity index (χ2n) is 7.26. The fourth-order valence-corrected chi connectivity index (χ4v) is 3.40. The fourth-order valence-electron chi connectivity index (χ4n) is 3.40. The van der Waals surface area contributed by atoms with Gasteiger partial charge in [0.15, 0.2) is 17.5 Å². The third kappa shape index (κ3) is 4.85. The van der Waals surface area contributed by atoms with Gasteiger partial charge in [0.25, 0.3) is 0 Å². The smallest absolute Gasteiger partial charge is 0.167 e. The number of nitrogens with zero attached hydrogens (tertiary/aromatic N) is 3. The summed E-state index contributed by atoms with van der Waals surface area (Å²) in [7, 11) is 1.59. The van der Waals surface area contributed by atoms with Gasteiger partial charge in [0, 0.05) is 17.7 Å². The lowest BCUT2D eigenvalue weighted by Crippen LogP contribution is -2.01. The Labute approximate surface area is 197 Å². The molecule has 0 atom stereocenters. The summed E-state index contributed by atoms with van der Waals surface area (Å²) < 4.78 is 16.2. The number of ether oxygens (including phenoxy) is 3. The molecular formula is C26H25N3O5. The van der Waals surface area contributed by atoms with Crippen LogP contribution in [0.2, 0.25) is 0 Å². The topological polar surface area (TPSA) is 107 Å². The van der Waals surface area contributed by atoms with Crippen molar-refractivity contribution in [3.05, 3.63) is 60.7 Å². The van der Waals surface area contributed by atoms with Crippen LogP contribution in [-0.4, -0.2) is 45.5 Å². The predicted octanol–water partition coefficient (Wildman–Crippen LogP) is 5.09. The van der Waals surface area contributed by atoms with Crippen LogP contribution in [0, 0.1) is 0 Å². The minimum absolute atomic E-state index is 0.0281. The molecule has 3 aromatic carbocycles. The van der Waals surface area contributed by atoms with E-state index in [1.807, 2.05) is 26.0 Å². The number of benzene rings is 3. The minimum Gasteiger partial charge on any atom is -0.507 e. The maximum absolute atomic E-state index is 10.6. The average molecular weight is 460 g/mol. The van der Waals surface area contributed by atoms with Crippen LogP contribution >= 0.6 is 0 Å². The zero-order valence-corrected chi connectivity index (χ0v) is 19.1. The standard InChI is InChI=1S/C26H25N3O5/c1-4-33-18-10-12-20(22(30)14-18)25-27-24(16-6-8-17(32-3)9-7-16)28-26(29-25)21-13-11-19(34-5-2)15-23(21)31/h6-15,30-31H,4-5H2,1-3H3. The summed E-state index contributed by atoms with van der Waals surface area (Å²) >= 11 is 0. The van der Waals surface area contributed by atoms with Crippen LogP contribution in [0.3, 0.4) is 0 Å².